The second-order valence-corrected chi connectivity index (χ2v) is 43.3. The maximum absolute atomic E-state index is 7.57. The smallest absolute Gasteiger partial charge is 0.197 e. The topological polar surface area (TPSA) is 9.23 Å². The van der Waals surface area contributed by atoms with Crippen molar-refractivity contribution in [2.24, 2.45) is 5.41 Å². The summed E-state index contributed by atoms with van der Waals surface area (Å²) in [6.45, 7) is 30.3. The van der Waals surface area contributed by atoms with Gasteiger partial charge >= 0.3 is 0 Å². The average molecular weight is 435 g/mol. The van der Waals surface area contributed by atoms with Crippen LogP contribution in [0.5, 0.6) is 0 Å². The fourth-order valence-electron chi connectivity index (χ4n) is 5.19. The van der Waals surface area contributed by atoms with E-state index in [1.165, 1.54) is 5.56 Å². The van der Waals surface area contributed by atoms with Crippen LogP contribution in [0.1, 0.15) is 26.3 Å². The van der Waals surface area contributed by atoms with Crippen LogP contribution in [0.25, 0.3) is 5.20 Å². The molecular weight excluding hydrogens is 393 g/mol. The van der Waals surface area contributed by atoms with E-state index in [1.54, 1.807) is 10.4 Å². The average Bonchev–Trinajstić information content (AvgIpc) is 2.84. The van der Waals surface area contributed by atoms with E-state index >= 15 is 0 Å². The molecule has 152 valence electrons. The van der Waals surface area contributed by atoms with Gasteiger partial charge in [-0.15, -0.1) is 0 Å². The maximum atomic E-state index is 7.57. The van der Waals surface area contributed by atoms with Crippen LogP contribution in [0.15, 0.2) is 35.5 Å². The van der Waals surface area contributed by atoms with E-state index in [1.807, 2.05) is 0 Å². The van der Waals surface area contributed by atoms with Gasteiger partial charge in [0.05, 0.1) is 29.4 Å². The van der Waals surface area contributed by atoms with Gasteiger partial charge in [-0.25, -0.2) is 0 Å². The minimum atomic E-state index is -2.06. The van der Waals surface area contributed by atoms with Crippen LogP contribution in [0, 0.1) is 5.41 Å². The molecule has 0 spiro atoms. The van der Waals surface area contributed by atoms with E-state index in [2.05, 4.69) is 110 Å². The molecule has 0 saturated carbocycles. The van der Waals surface area contributed by atoms with Crippen LogP contribution in [0.3, 0.4) is 0 Å². The third-order valence-electron chi connectivity index (χ3n) is 5.95. The molecule has 0 bridgehead atoms. The van der Waals surface area contributed by atoms with Crippen molar-refractivity contribution in [2.75, 3.05) is 0 Å². The largest absolute Gasteiger partial charge is 0.411 e. The van der Waals surface area contributed by atoms with Gasteiger partial charge in [0, 0.05) is 0 Å². The van der Waals surface area contributed by atoms with E-state index in [9.17, 15) is 0 Å². The highest BCUT2D eigenvalue weighted by atomic mass is 29.7. The van der Waals surface area contributed by atoms with Gasteiger partial charge in [0.15, 0.2) is 7.35 Å². The van der Waals surface area contributed by atoms with Crippen LogP contribution < -0.4 is 0 Å². The third kappa shape index (κ3) is 3.95. The van der Waals surface area contributed by atoms with Crippen molar-refractivity contribution in [3.8, 4) is 0 Å². The Kier molecular flexibility index (Phi) is 5.93. The Morgan fingerprint density at radius 1 is 0.778 bits per heavy atom. The molecule has 1 aliphatic rings. The summed E-state index contributed by atoms with van der Waals surface area (Å²) in [6, 6.07) is 11.3. The van der Waals surface area contributed by atoms with E-state index < -0.39 is 30.6 Å². The Bertz CT molecular complexity index is 696. The molecule has 0 saturated heterocycles. The van der Waals surface area contributed by atoms with Gasteiger partial charge in [0.1, 0.15) is 0 Å². The van der Waals surface area contributed by atoms with Gasteiger partial charge in [-0.1, -0.05) is 115 Å². The van der Waals surface area contributed by atoms with Gasteiger partial charge in [-0.2, -0.15) is 0 Å². The predicted octanol–water partition coefficient (Wildman–Crippen LogP) is 7.08. The van der Waals surface area contributed by atoms with E-state index in [4.69, 9.17) is 4.43 Å². The number of hydrogen-bond acceptors (Lipinski definition) is 1. The molecule has 5 heteroatoms. The zero-order valence-corrected chi connectivity index (χ0v) is 23.9. The summed E-state index contributed by atoms with van der Waals surface area (Å²) in [6.07, 6.45) is 0.282. The predicted molar refractivity (Wildman–Crippen MR) is 133 cm³/mol. The normalized spacial score (nSPS) is 21.7. The zero-order chi connectivity index (χ0) is 21.1. The molecule has 1 aromatic rings. The van der Waals surface area contributed by atoms with Crippen LogP contribution in [-0.2, 0) is 4.43 Å². The fraction of sp³-hybridized carbons (Fsp3) is 0.636. The number of hydrogen-bond donors (Lipinski definition) is 0. The highest BCUT2D eigenvalue weighted by Crippen LogP contribution is 2.54. The SMILES string of the molecule is CC(C)(C)C1O[Si]([Si](C)(C)C)([Si](C)(C)C)C(c2ccccc2)=C1[Si](C)(C)C. The molecule has 0 N–H and O–H groups in total. The molecule has 1 heterocycles. The lowest BCUT2D eigenvalue weighted by atomic mass is 9.88. The van der Waals surface area contributed by atoms with Crippen molar-refractivity contribution in [1.82, 2.24) is 0 Å². The minimum Gasteiger partial charge on any atom is -0.411 e. The first-order valence-electron chi connectivity index (χ1n) is 10.4. The lowest BCUT2D eigenvalue weighted by Gasteiger charge is -2.49. The number of benzene rings is 1. The summed E-state index contributed by atoms with van der Waals surface area (Å²) in [7, 11) is -6.72. The second kappa shape index (κ2) is 6.94. The van der Waals surface area contributed by atoms with Crippen LogP contribution in [0.4, 0.5) is 0 Å². The molecule has 1 aliphatic heterocycles. The van der Waals surface area contributed by atoms with Gasteiger partial charge in [-0.3, -0.25) is 0 Å². The molecule has 1 atom stereocenters. The summed E-state index contributed by atoms with van der Waals surface area (Å²) in [5.74, 6) is 0. The molecule has 0 fully saturated rings. The van der Waals surface area contributed by atoms with Crippen molar-refractivity contribution < 1.29 is 4.43 Å². The monoisotopic (exact) mass is 434 g/mol. The Hall–Kier alpha value is -0.212. The highest BCUT2D eigenvalue weighted by molar-refractivity contribution is 7.72. The van der Waals surface area contributed by atoms with Gasteiger partial charge in [0.25, 0.3) is 0 Å². The molecule has 27 heavy (non-hydrogen) atoms. The highest BCUT2D eigenvalue weighted by Gasteiger charge is 2.66. The van der Waals surface area contributed by atoms with Crippen molar-refractivity contribution in [2.45, 2.75) is 85.8 Å². The van der Waals surface area contributed by atoms with E-state index in [0.717, 1.165) is 0 Å². The first-order chi connectivity index (χ1) is 11.9. The molecule has 1 nitrogen and oxygen atoms in total. The van der Waals surface area contributed by atoms with E-state index in [0.29, 0.717) is 0 Å². The second-order valence-electron chi connectivity index (χ2n) is 12.4. The Morgan fingerprint density at radius 2 is 1.22 bits per heavy atom. The molecule has 0 aromatic heterocycles. The van der Waals surface area contributed by atoms with Gasteiger partial charge in [-0.05, 0) is 16.2 Å². The summed E-state index contributed by atoms with van der Waals surface area (Å²) in [4.78, 5) is 0. The van der Waals surface area contributed by atoms with Crippen molar-refractivity contribution in [3.63, 3.8) is 0 Å². The molecule has 0 aliphatic carbocycles. The van der Waals surface area contributed by atoms with Crippen LogP contribution >= 0.6 is 0 Å². The van der Waals surface area contributed by atoms with Gasteiger partial charge < -0.3 is 4.43 Å². The lowest BCUT2D eigenvalue weighted by molar-refractivity contribution is 0.133. The molecule has 0 radical (unpaired) electrons. The Morgan fingerprint density at radius 3 is 1.56 bits per heavy atom. The standard InChI is InChI=1S/C22H42OSi4/c1-22(2,3)21-20(24(4,5)6)19(18-16-14-13-15-17-18)27(23-21,25(7,8)9)26(10,11)12/h13-17,21H,1-12H3. The summed E-state index contributed by atoms with van der Waals surface area (Å²) in [5.41, 5.74) is 1.61. The maximum Gasteiger partial charge on any atom is 0.197 e. The Balaban J connectivity index is 3.04. The molecule has 0 amide bonds. The van der Waals surface area contributed by atoms with Gasteiger partial charge in [0.2, 0.25) is 0 Å². The lowest BCUT2D eigenvalue weighted by Crippen LogP contribution is -2.73. The fourth-order valence-corrected chi connectivity index (χ4v) is 52.4. The molecule has 2 rings (SSSR count). The zero-order valence-electron chi connectivity index (χ0n) is 19.9. The quantitative estimate of drug-likeness (QED) is 0.460. The number of rotatable bonds is 4. The molecule has 1 aromatic carbocycles. The minimum absolute atomic E-state index is 0.143. The Labute approximate surface area is 172 Å². The first-order valence-corrected chi connectivity index (χ1v) is 24.8. The molecular formula is C22H42OSi4. The molecule has 1 unspecified atom stereocenters. The van der Waals surface area contributed by atoms with Crippen molar-refractivity contribution in [1.29, 1.82) is 0 Å². The summed E-state index contributed by atoms with van der Waals surface area (Å²) in [5, 5.41) is 3.47. The van der Waals surface area contributed by atoms with Crippen molar-refractivity contribution >= 4 is 35.8 Å². The van der Waals surface area contributed by atoms with Crippen LogP contribution in [-0.4, -0.2) is 36.7 Å². The summed E-state index contributed by atoms with van der Waals surface area (Å²) >= 11 is 0. The van der Waals surface area contributed by atoms with Crippen molar-refractivity contribution in [3.05, 3.63) is 41.1 Å². The summed E-state index contributed by atoms with van der Waals surface area (Å²) < 4.78 is 7.57. The third-order valence-corrected chi connectivity index (χ3v) is 42.8. The van der Waals surface area contributed by atoms with E-state index in [-0.39, 0.29) is 11.5 Å². The first kappa shape index (κ1) is 23.1. The van der Waals surface area contributed by atoms with Crippen LogP contribution in [0.2, 0.25) is 58.9 Å².